The van der Waals surface area contributed by atoms with Crippen molar-refractivity contribution in [3.63, 3.8) is 0 Å². The predicted molar refractivity (Wildman–Crippen MR) is 89.0 cm³/mol. The van der Waals surface area contributed by atoms with Crippen LogP contribution in [0.1, 0.15) is 27.2 Å². The average Bonchev–Trinajstić information content (AvgIpc) is 2.55. The molecule has 2 rings (SSSR count). The second kappa shape index (κ2) is 7.57. The van der Waals surface area contributed by atoms with Gasteiger partial charge in [-0.15, -0.1) is 0 Å². The Kier molecular flexibility index (Phi) is 5.51. The maximum atomic E-state index is 11.6. The molecule has 122 valence electrons. The van der Waals surface area contributed by atoms with E-state index in [2.05, 4.69) is 14.7 Å². The normalized spacial score (nSPS) is 10.5. The Morgan fingerprint density at radius 1 is 1.25 bits per heavy atom. The highest BCUT2D eigenvalue weighted by molar-refractivity contribution is 6.28. The van der Waals surface area contributed by atoms with Crippen molar-refractivity contribution in [2.24, 2.45) is 0 Å². The topological polar surface area (TPSA) is 85.1 Å². The number of carbonyl (C=O) groups excluding carboxylic acids is 1. The third-order valence-electron chi connectivity index (χ3n) is 3.11. The fourth-order valence-corrected chi connectivity index (χ4v) is 2.31. The van der Waals surface area contributed by atoms with Crippen molar-refractivity contribution < 1.29 is 14.3 Å². The van der Waals surface area contributed by atoms with Crippen LogP contribution in [-0.4, -0.2) is 23.0 Å². The zero-order valence-electron chi connectivity index (χ0n) is 13.3. The summed E-state index contributed by atoms with van der Waals surface area (Å²) >= 11 is 5.83. The first-order chi connectivity index (χ1) is 11.4. The van der Waals surface area contributed by atoms with Gasteiger partial charge in [-0.05, 0) is 60.3 Å². The highest BCUT2D eigenvalue weighted by atomic mass is 35.5. The van der Waals surface area contributed by atoms with Crippen molar-refractivity contribution in [2.45, 2.75) is 13.8 Å². The number of methoxy groups -OCH3 is 1. The first kappa shape index (κ1) is 17.4. The number of nitriles is 1. The first-order valence-corrected chi connectivity index (χ1v) is 7.30. The van der Waals surface area contributed by atoms with Crippen LogP contribution >= 0.6 is 11.6 Å². The number of aromatic nitrogens is 2. The van der Waals surface area contributed by atoms with Crippen molar-refractivity contribution in [3.8, 4) is 17.7 Å². The second-order valence-electron chi connectivity index (χ2n) is 4.90. The van der Waals surface area contributed by atoms with Gasteiger partial charge in [-0.3, -0.25) is 0 Å². The molecule has 7 heteroatoms. The maximum Gasteiger partial charge on any atom is 0.356 e. The van der Waals surface area contributed by atoms with Crippen LogP contribution in [0.5, 0.6) is 11.6 Å². The molecule has 0 saturated carbocycles. The molecule has 0 fully saturated rings. The van der Waals surface area contributed by atoms with Crippen molar-refractivity contribution in [1.29, 1.82) is 5.26 Å². The summed E-state index contributed by atoms with van der Waals surface area (Å²) in [7, 11) is 1.25. The molecular weight excluding hydrogens is 330 g/mol. The Bertz CT molecular complexity index is 834. The molecule has 0 unspecified atom stereocenters. The van der Waals surface area contributed by atoms with Crippen LogP contribution in [0, 0.1) is 25.2 Å². The lowest BCUT2D eigenvalue weighted by atomic mass is 10.1. The Labute approximate surface area is 144 Å². The summed E-state index contributed by atoms with van der Waals surface area (Å²) in [5.41, 5.74) is 2.59. The number of rotatable bonds is 4. The molecule has 0 aliphatic carbocycles. The molecule has 24 heavy (non-hydrogen) atoms. The number of esters is 1. The van der Waals surface area contributed by atoms with Gasteiger partial charge in [0, 0.05) is 12.1 Å². The molecule has 0 saturated heterocycles. The molecule has 0 aliphatic heterocycles. The van der Waals surface area contributed by atoms with Crippen molar-refractivity contribution in [2.75, 3.05) is 7.11 Å². The van der Waals surface area contributed by atoms with E-state index in [-0.39, 0.29) is 16.9 Å². The summed E-state index contributed by atoms with van der Waals surface area (Å²) in [5.74, 6) is 0.103. The van der Waals surface area contributed by atoms with E-state index >= 15 is 0 Å². The number of halogens is 1. The van der Waals surface area contributed by atoms with Crippen LogP contribution in [-0.2, 0) is 4.74 Å². The SMILES string of the molecule is COC(=O)c1cc(Oc2c(C)cc(/C=C/C#N)cc2C)nc(Cl)n1. The van der Waals surface area contributed by atoms with Gasteiger partial charge in [-0.25, -0.2) is 9.78 Å². The van der Waals surface area contributed by atoms with Crippen LogP contribution in [0.3, 0.4) is 0 Å². The zero-order chi connectivity index (χ0) is 17.7. The molecule has 0 atom stereocenters. The van der Waals surface area contributed by atoms with E-state index in [0.29, 0.717) is 5.75 Å². The zero-order valence-corrected chi connectivity index (χ0v) is 14.1. The predicted octanol–water partition coefficient (Wildman–Crippen LogP) is 3.86. The number of hydrogen-bond acceptors (Lipinski definition) is 6. The molecule has 0 aliphatic rings. The van der Waals surface area contributed by atoms with Gasteiger partial charge < -0.3 is 9.47 Å². The lowest BCUT2D eigenvalue weighted by molar-refractivity contribution is 0.0593. The third-order valence-corrected chi connectivity index (χ3v) is 3.28. The molecular formula is C17H14ClN3O3. The molecule has 1 aromatic heterocycles. The van der Waals surface area contributed by atoms with E-state index in [0.717, 1.165) is 16.7 Å². The third kappa shape index (κ3) is 4.09. The number of aryl methyl sites for hydroxylation is 2. The highest BCUT2D eigenvalue weighted by Crippen LogP contribution is 2.30. The summed E-state index contributed by atoms with van der Waals surface area (Å²) in [6.07, 6.45) is 3.11. The fraction of sp³-hybridized carbons (Fsp3) is 0.176. The lowest BCUT2D eigenvalue weighted by Gasteiger charge is -2.12. The van der Waals surface area contributed by atoms with Gasteiger partial charge in [0.1, 0.15) is 5.75 Å². The van der Waals surface area contributed by atoms with E-state index < -0.39 is 5.97 Å². The number of ether oxygens (including phenoxy) is 2. The molecule has 0 spiro atoms. The largest absolute Gasteiger partial charge is 0.464 e. The fourth-order valence-electron chi connectivity index (χ4n) is 2.14. The molecule has 0 bridgehead atoms. The number of nitrogens with zero attached hydrogens (tertiary/aromatic N) is 3. The monoisotopic (exact) mass is 343 g/mol. The molecule has 6 nitrogen and oxygen atoms in total. The lowest BCUT2D eigenvalue weighted by Crippen LogP contribution is -2.06. The minimum absolute atomic E-state index is 0.0105. The Morgan fingerprint density at radius 3 is 2.50 bits per heavy atom. The average molecular weight is 344 g/mol. The van der Waals surface area contributed by atoms with Crippen LogP contribution < -0.4 is 4.74 Å². The Morgan fingerprint density at radius 2 is 1.92 bits per heavy atom. The van der Waals surface area contributed by atoms with Gasteiger partial charge in [0.25, 0.3) is 0 Å². The minimum Gasteiger partial charge on any atom is -0.464 e. The van der Waals surface area contributed by atoms with Crippen LogP contribution in [0.4, 0.5) is 0 Å². The summed E-state index contributed by atoms with van der Waals surface area (Å²) in [6.45, 7) is 3.74. The van der Waals surface area contributed by atoms with Gasteiger partial charge in [0.2, 0.25) is 11.2 Å². The number of benzene rings is 1. The van der Waals surface area contributed by atoms with Gasteiger partial charge >= 0.3 is 5.97 Å². The summed E-state index contributed by atoms with van der Waals surface area (Å²) in [4.78, 5) is 19.4. The van der Waals surface area contributed by atoms with Gasteiger partial charge in [0.15, 0.2) is 5.69 Å². The maximum absolute atomic E-state index is 11.6. The van der Waals surface area contributed by atoms with Crippen molar-refractivity contribution in [1.82, 2.24) is 9.97 Å². The molecule has 0 N–H and O–H groups in total. The van der Waals surface area contributed by atoms with Gasteiger partial charge in [0.05, 0.1) is 13.2 Å². The van der Waals surface area contributed by atoms with Gasteiger partial charge in [-0.1, -0.05) is 0 Å². The molecule has 2 aromatic rings. The van der Waals surface area contributed by atoms with E-state index in [9.17, 15) is 4.79 Å². The highest BCUT2D eigenvalue weighted by Gasteiger charge is 2.14. The number of hydrogen-bond donors (Lipinski definition) is 0. The molecule has 1 heterocycles. The molecule has 1 aromatic carbocycles. The van der Waals surface area contributed by atoms with E-state index in [4.69, 9.17) is 21.6 Å². The van der Waals surface area contributed by atoms with E-state index in [1.807, 2.05) is 32.0 Å². The summed E-state index contributed by atoms with van der Waals surface area (Å²) in [5, 5.41) is 8.49. The minimum atomic E-state index is -0.630. The summed E-state index contributed by atoms with van der Waals surface area (Å²) in [6, 6.07) is 7.06. The molecule has 0 amide bonds. The van der Waals surface area contributed by atoms with Crippen molar-refractivity contribution >= 4 is 23.6 Å². The number of allylic oxidation sites excluding steroid dienone is 1. The van der Waals surface area contributed by atoms with Crippen molar-refractivity contribution in [3.05, 3.63) is 51.9 Å². The van der Waals surface area contributed by atoms with Gasteiger partial charge in [-0.2, -0.15) is 10.2 Å². The van der Waals surface area contributed by atoms with Crippen LogP contribution in [0.15, 0.2) is 24.3 Å². The molecule has 0 radical (unpaired) electrons. The smallest absolute Gasteiger partial charge is 0.356 e. The van der Waals surface area contributed by atoms with Crippen LogP contribution in [0.25, 0.3) is 6.08 Å². The standard InChI is InChI=1S/C17H14ClN3O3/c1-10-7-12(5-4-6-19)8-11(2)15(10)24-14-9-13(16(22)23-3)20-17(18)21-14/h4-5,7-9H,1-3H3/b5-4+. The van der Waals surface area contributed by atoms with E-state index in [1.54, 1.807) is 6.08 Å². The first-order valence-electron chi connectivity index (χ1n) is 6.92. The second-order valence-corrected chi connectivity index (χ2v) is 5.24. The van der Waals surface area contributed by atoms with Crippen LogP contribution in [0.2, 0.25) is 5.28 Å². The number of carbonyl (C=O) groups is 1. The Balaban J connectivity index is 2.38. The Hall–Kier alpha value is -2.91. The quantitative estimate of drug-likeness (QED) is 0.476. The summed E-state index contributed by atoms with van der Waals surface area (Å²) < 4.78 is 10.4. The van der Waals surface area contributed by atoms with E-state index in [1.165, 1.54) is 19.3 Å².